The highest BCUT2D eigenvalue weighted by molar-refractivity contribution is 5.93. The van der Waals surface area contributed by atoms with Crippen LogP contribution in [-0.2, 0) is 23.9 Å². The lowest BCUT2D eigenvalue weighted by atomic mass is 9.89. The number of hydrogen-bond donors (Lipinski definition) is 1. The Kier molecular flexibility index (Phi) is 4.69. The molecule has 130 valence electrons. The van der Waals surface area contributed by atoms with Gasteiger partial charge in [0.1, 0.15) is 24.1 Å². The van der Waals surface area contributed by atoms with Gasteiger partial charge in [-0.25, -0.2) is 4.79 Å². The van der Waals surface area contributed by atoms with Crippen LogP contribution in [-0.4, -0.2) is 47.1 Å². The van der Waals surface area contributed by atoms with E-state index >= 15 is 0 Å². The maximum atomic E-state index is 12.3. The van der Waals surface area contributed by atoms with E-state index in [2.05, 4.69) is 6.58 Å². The molecular weight excluding hydrogens is 312 g/mol. The molecule has 0 amide bonds. The number of aliphatic hydroxyl groups excluding tert-OH is 1. The Balaban J connectivity index is 1.89. The maximum absolute atomic E-state index is 12.3. The Morgan fingerprint density at radius 1 is 1.25 bits per heavy atom. The van der Waals surface area contributed by atoms with Gasteiger partial charge < -0.3 is 14.6 Å². The highest BCUT2D eigenvalue weighted by atomic mass is 16.6. The van der Waals surface area contributed by atoms with E-state index in [1.807, 2.05) is 6.92 Å². The average molecular weight is 334 g/mol. The zero-order valence-electron chi connectivity index (χ0n) is 13.7. The molecule has 0 spiro atoms. The van der Waals surface area contributed by atoms with Crippen LogP contribution in [0.5, 0.6) is 0 Å². The summed E-state index contributed by atoms with van der Waals surface area (Å²) < 4.78 is 10.9. The van der Waals surface area contributed by atoms with Gasteiger partial charge in [0.2, 0.25) is 0 Å². The molecule has 2 saturated heterocycles. The van der Waals surface area contributed by atoms with E-state index in [1.54, 1.807) is 6.08 Å². The van der Waals surface area contributed by atoms with Crippen LogP contribution >= 0.6 is 0 Å². The minimum absolute atomic E-state index is 0.0482. The van der Waals surface area contributed by atoms with Gasteiger partial charge >= 0.3 is 5.97 Å². The lowest BCUT2D eigenvalue weighted by Gasteiger charge is -2.17. The zero-order valence-corrected chi connectivity index (χ0v) is 13.7. The Labute approximate surface area is 140 Å². The molecule has 0 aromatic heterocycles. The van der Waals surface area contributed by atoms with Gasteiger partial charge in [-0.3, -0.25) is 9.59 Å². The third-order valence-corrected chi connectivity index (χ3v) is 5.01. The van der Waals surface area contributed by atoms with Crippen molar-refractivity contribution in [3.8, 4) is 0 Å². The second kappa shape index (κ2) is 6.61. The fraction of sp³-hybridized carbons (Fsp3) is 0.611. The van der Waals surface area contributed by atoms with Gasteiger partial charge in [0.15, 0.2) is 5.78 Å². The monoisotopic (exact) mass is 334 g/mol. The predicted molar refractivity (Wildman–Crippen MR) is 84.0 cm³/mol. The quantitative estimate of drug-likeness (QED) is 0.573. The van der Waals surface area contributed by atoms with Crippen LogP contribution in [0.15, 0.2) is 23.8 Å². The number of aliphatic hydroxyl groups is 1. The van der Waals surface area contributed by atoms with Gasteiger partial charge in [-0.1, -0.05) is 18.2 Å². The third kappa shape index (κ3) is 3.35. The summed E-state index contributed by atoms with van der Waals surface area (Å²) in [5.74, 6) is -0.839. The second-order valence-electron chi connectivity index (χ2n) is 6.93. The molecule has 3 heterocycles. The van der Waals surface area contributed by atoms with E-state index < -0.39 is 30.4 Å². The van der Waals surface area contributed by atoms with E-state index in [0.717, 1.165) is 5.57 Å². The van der Waals surface area contributed by atoms with Crippen LogP contribution in [0.4, 0.5) is 0 Å². The van der Waals surface area contributed by atoms with E-state index in [9.17, 15) is 19.5 Å². The van der Waals surface area contributed by atoms with Gasteiger partial charge in [-0.05, 0) is 19.3 Å². The largest absolute Gasteiger partial charge is 0.456 e. The molecule has 2 fully saturated rings. The Hall–Kier alpha value is -1.79. The average Bonchev–Trinajstić information content (AvgIpc) is 2.96. The molecule has 1 N–H and O–H groups in total. The molecule has 0 unspecified atom stereocenters. The van der Waals surface area contributed by atoms with Gasteiger partial charge in [-0.15, -0.1) is 0 Å². The number of allylic oxidation sites excluding steroid dienone is 2. The van der Waals surface area contributed by atoms with Crippen LogP contribution in [0.1, 0.15) is 39.0 Å². The fourth-order valence-corrected chi connectivity index (χ4v) is 3.54. The molecule has 0 saturated carbocycles. The summed E-state index contributed by atoms with van der Waals surface area (Å²) in [5, 5.41) is 10.4. The number of Topliss-reactive ketones (excluding diaryl/α,β-unsaturated/α-hetero) is 2. The highest BCUT2D eigenvalue weighted by Crippen LogP contribution is 2.32. The Morgan fingerprint density at radius 2 is 2.00 bits per heavy atom. The zero-order chi connectivity index (χ0) is 17.4. The summed E-state index contributed by atoms with van der Waals surface area (Å²) in [6.07, 6.45) is -0.0616. The van der Waals surface area contributed by atoms with Crippen LogP contribution < -0.4 is 0 Å². The standard InChI is InChI=1S/C18H22O6/c1-9(2)10-3-4-13-17(21)16(24-18(13)22)8-12-7-14(20)15(23-12)6-11(19)5-10/h4,10,12,15-17,21H,1,3,5-8H2,2H3/b13-4+/t10-,12+,15+,16+,17+/m1/s1. The topological polar surface area (TPSA) is 89.9 Å². The van der Waals surface area contributed by atoms with Crippen molar-refractivity contribution in [1.29, 1.82) is 0 Å². The summed E-state index contributed by atoms with van der Waals surface area (Å²) in [7, 11) is 0. The SMILES string of the molecule is C=C(C)[C@@H]1C/C=C2/C(=O)O[C@@H](C[C@@H]3CC(=O)[C@H](CC(=O)C1)O3)[C@H]2O. The molecule has 5 atom stereocenters. The smallest absolute Gasteiger partial charge is 0.336 e. The van der Waals surface area contributed by atoms with E-state index in [-0.39, 0.29) is 48.7 Å². The summed E-state index contributed by atoms with van der Waals surface area (Å²) in [4.78, 5) is 36.3. The first-order chi connectivity index (χ1) is 11.3. The molecule has 6 heteroatoms. The number of carbonyl (C=O) groups is 3. The van der Waals surface area contributed by atoms with Gasteiger partial charge in [0.25, 0.3) is 0 Å². The first-order valence-electron chi connectivity index (χ1n) is 8.29. The minimum Gasteiger partial charge on any atom is -0.456 e. The number of hydrogen-bond acceptors (Lipinski definition) is 6. The van der Waals surface area contributed by atoms with Gasteiger partial charge in [-0.2, -0.15) is 0 Å². The number of carbonyl (C=O) groups excluding carboxylic acids is 3. The normalized spacial score (nSPS) is 39.3. The number of ketones is 2. The van der Waals surface area contributed by atoms with E-state index in [0.29, 0.717) is 6.42 Å². The maximum Gasteiger partial charge on any atom is 0.336 e. The third-order valence-electron chi connectivity index (χ3n) is 5.01. The van der Waals surface area contributed by atoms with Crippen LogP contribution in [0.3, 0.4) is 0 Å². The number of fused-ring (bicyclic) bond motifs is 4. The lowest BCUT2D eigenvalue weighted by Crippen LogP contribution is -2.27. The number of ether oxygens (including phenoxy) is 2. The molecule has 6 nitrogen and oxygen atoms in total. The van der Waals surface area contributed by atoms with Gasteiger partial charge in [0.05, 0.1) is 11.7 Å². The highest BCUT2D eigenvalue weighted by Gasteiger charge is 2.43. The first kappa shape index (κ1) is 17.0. The molecule has 0 aliphatic carbocycles. The molecule has 0 aromatic carbocycles. The first-order valence-corrected chi connectivity index (χ1v) is 8.29. The molecule has 24 heavy (non-hydrogen) atoms. The van der Waals surface area contributed by atoms with Crippen molar-refractivity contribution in [2.24, 2.45) is 5.92 Å². The van der Waals surface area contributed by atoms with Crippen LogP contribution in [0, 0.1) is 5.92 Å². The van der Waals surface area contributed by atoms with E-state index in [4.69, 9.17) is 9.47 Å². The van der Waals surface area contributed by atoms with Gasteiger partial charge in [0, 0.05) is 25.7 Å². The molecule has 3 rings (SSSR count). The Morgan fingerprint density at radius 3 is 2.71 bits per heavy atom. The molecule has 4 bridgehead atoms. The van der Waals surface area contributed by atoms with E-state index in [1.165, 1.54) is 0 Å². The van der Waals surface area contributed by atoms with Crippen molar-refractivity contribution >= 4 is 17.5 Å². The summed E-state index contributed by atoms with van der Waals surface area (Å²) >= 11 is 0. The second-order valence-corrected chi connectivity index (χ2v) is 6.93. The van der Waals surface area contributed by atoms with Crippen molar-refractivity contribution in [2.45, 2.75) is 63.4 Å². The molecule has 3 aliphatic rings. The fourth-order valence-electron chi connectivity index (χ4n) is 3.54. The van der Waals surface area contributed by atoms with Crippen molar-refractivity contribution < 1.29 is 29.0 Å². The summed E-state index contributed by atoms with van der Waals surface area (Å²) in [6, 6.07) is 0. The molecule has 0 radical (unpaired) electrons. The van der Waals surface area contributed by atoms with Crippen LogP contribution in [0.25, 0.3) is 0 Å². The summed E-state index contributed by atoms with van der Waals surface area (Å²) in [5.41, 5.74) is 1.04. The van der Waals surface area contributed by atoms with Crippen molar-refractivity contribution in [2.75, 3.05) is 0 Å². The molecule has 3 aliphatic heterocycles. The number of rotatable bonds is 1. The van der Waals surface area contributed by atoms with Crippen molar-refractivity contribution in [3.05, 3.63) is 23.8 Å². The molecular formula is C18H22O6. The number of esters is 1. The summed E-state index contributed by atoms with van der Waals surface area (Å²) in [6.45, 7) is 5.73. The lowest BCUT2D eigenvalue weighted by molar-refractivity contribution is -0.141. The Bertz CT molecular complexity index is 619. The molecule has 0 aromatic rings. The van der Waals surface area contributed by atoms with Crippen LogP contribution in [0.2, 0.25) is 0 Å². The predicted octanol–water partition coefficient (Wildman–Crippen LogP) is 1.26. The minimum atomic E-state index is -1.03. The van der Waals surface area contributed by atoms with Crippen molar-refractivity contribution in [1.82, 2.24) is 0 Å². The van der Waals surface area contributed by atoms with Crippen molar-refractivity contribution in [3.63, 3.8) is 0 Å².